The van der Waals surface area contributed by atoms with Crippen molar-refractivity contribution in [1.82, 2.24) is 0 Å². The van der Waals surface area contributed by atoms with Gasteiger partial charge in [-0.1, -0.05) is 25.1 Å². The Morgan fingerprint density at radius 1 is 1.17 bits per heavy atom. The van der Waals surface area contributed by atoms with Crippen LogP contribution in [0.15, 0.2) is 46.9 Å². The van der Waals surface area contributed by atoms with E-state index in [0.29, 0.717) is 15.6 Å². The van der Waals surface area contributed by atoms with E-state index in [4.69, 9.17) is 0 Å². The van der Waals surface area contributed by atoms with Crippen LogP contribution in [-0.4, -0.2) is 5.78 Å². The first-order valence-electron chi connectivity index (χ1n) is 5.70. The summed E-state index contributed by atoms with van der Waals surface area (Å²) >= 11 is 3.09. The number of ketones is 1. The molecule has 0 amide bonds. The van der Waals surface area contributed by atoms with Crippen LogP contribution in [0, 0.1) is 5.82 Å². The van der Waals surface area contributed by atoms with Gasteiger partial charge in [-0.05, 0) is 52.2 Å². The van der Waals surface area contributed by atoms with Gasteiger partial charge < -0.3 is 0 Å². The van der Waals surface area contributed by atoms with Gasteiger partial charge in [0.15, 0.2) is 5.78 Å². The van der Waals surface area contributed by atoms with Crippen LogP contribution in [-0.2, 0) is 6.42 Å². The van der Waals surface area contributed by atoms with Crippen LogP contribution in [0.2, 0.25) is 0 Å². The van der Waals surface area contributed by atoms with Crippen molar-refractivity contribution >= 4 is 21.7 Å². The lowest BCUT2D eigenvalue weighted by Crippen LogP contribution is -2.02. The Labute approximate surface area is 114 Å². The molecule has 0 unspecified atom stereocenters. The smallest absolute Gasteiger partial charge is 0.193 e. The van der Waals surface area contributed by atoms with Gasteiger partial charge in [-0.25, -0.2) is 4.39 Å². The molecule has 0 atom stereocenters. The standard InChI is InChI=1S/C15H12BrFO/c1-2-10-4-3-5-11(8-10)15(18)12-6-7-14(17)13(16)9-12/h3-9H,2H2,1H3. The monoisotopic (exact) mass is 306 g/mol. The molecule has 0 saturated carbocycles. The molecule has 0 aliphatic rings. The lowest BCUT2D eigenvalue weighted by Gasteiger charge is -2.04. The third-order valence-electron chi connectivity index (χ3n) is 2.78. The van der Waals surface area contributed by atoms with E-state index in [1.807, 2.05) is 25.1 Å². The molecule has 18 heavy (non-hydrogen) atoms. The second kappa shape index (κ2) is 5.44. The van der Waals surface area contributed by atoms with Gasteiger partial charge in [0, 0.05) is 11.1 Å². The zero-order chi connectivity index (χ0) is 13.1. The largest absolute Gasteiger partial charge is 0.289 e. The van der Waals surface area contributed by atoms with Gasteiger partial charge in [0.1, 0.15) is 5.82 Å². The summed E-state index contributed by atoms with van der Waals surface area (Å²) in [6, 6.07) is 11.8. The molecule has 1 nitrogen and oxygen atoms in total. The highest BCUT2D eigenvalue weighted by Gasteiger charge is 2.11. The van der Waals surface area contributed by atoms with E-state index in [2.05, 4.69) is 15.9 Å². The second-order valence-electron chi connectivity index (χ2n) is 4.01. The molecule has 0 aromatic heterocycles. The predicted molar refractivity (Wildman–Crippen MR) is 73.4 cm³/mol. The molecule has 0 saturated heterocycles. The molecule has 0 N–H and O–H groups in total. The zero-order valence-electron chi connectivity index (χ0n) is 9.91. The van der Waals surface area contributed by atoms with Crippen LogP contribution in [0.4, 0.5) is 4.39 Å². The van der Waals surface area contributed by atoms with E-state index in [1.165, 1.54) is 18.2 Å². The van der Waals surface area contributed by atoms with Crippen LogP contribution in [0.25, 0.3) is 0 Å². The van der Waals surface area contributed by atoms with Crippen molar-refractivity contribution in [1.29, 1.82) is 0 Å². The molecule has 2 aromatic carbocycles. The summed E-state index contributed by atoms with van der Waals surface area (Å²) in [6.45, 7) is 2.04. The first kappa shape index (κ1) is 13.0. The number of hydrogen-bond donors (Lipinski definition) is 0. The van der Waals surface area contributed by atoms with E-state index in [1.54, 1.807) is 6.07 Å². The number of aryl methyl sites for hydroxylation is 1. The Hall–Kier alpha value is -1.48. The Bertz CT molecular complexity index is 593. The number of benzene rings is 2. The van der Waals surface area contributed by atoms with Crippen LogP contribution >= 0.6 is 15.9 Å². The lowest BCUT2D eigenvalue weighted by molar-refractivity contribution is 0.103. The van der Waals surface area contributed by atoms with Gasteiger partial charge >= 0.3 is 0 Å². The van der Waals surface area contributed by atoms with Gasteiger partial charge in [-0.3, -0.25) is 4.79 Å². The fourth-order valence-electron chi connectivity index (χ4n) is 1.74. The number of rotatable bonds is 3. The Morgan fingerprint density at radius 3 is 2.56 bits per heavy atom. The molecular weight excluding hydrogens is 295 g/mol. The van der Waals surface area contributed by atoms with Gasteiger partial charge in [-0.15, -0.1) is 0 Å². The predicted octanol–water partition coefficient (Wildman–Crippen LogP) is 4.38. The fourth-order valence-corrected chi connectivity index (χ4v) is 2.12. The molecule has 0 bridgehead atoms. The summed E-state index contributed by atoms with van der Waals surface area (Å²) < 4.78 is 13.4. The highest BCUT2D eigenvalue weighted by atomic mass is 79.9. The summed E-state index contributed by atoms with van der Waals surface area (Å²) in [4.78, 5) is 12.2. The van der Waals surface area contributed by atoms with Gasteiger partial charge in [0.05, 0.1) is 4.47 Å². The average Bonchev–Trinajstić information content (AvgIpc) is 2.41. The molecule has 2 aromatic rings. The maximum Gasteiger partial charge on any atom is 0.193 e. The van der Waals surface area contributed by atoms with E-state index in [0.717, 1.165) is 12.0 Å². The zero-order valence-corrected chi connectivity index (χ0v) is 11.5. The van der Waals surface area contributed by atoms with Crippen molar-refractivity contribution in [3.63, 3.8) is 0 Å². The molecule has 0 heterocycles. The SMILES string of the molecule is CCc1cccc(C(=O)c2ccc(F)c(Br)c2)c1. The number of carbonyl (C=O) groups is 1. The number of hydrogen-bond acceptors (Lipinski definition) is 1. The number of halogens is 2. The normalized spacial score (nSPS) is 10.4. The molecule has 0 aliphatic heterocycles. The van der Waals surface area contributed by atoms with E-state index in [-0.39, 0.29) is 11.6 Å². The Balaban J connectivity index is 2.38. The van der Waals surface area contributed by atoms with Crippen molar-refractivity contribution in [2.24, 2.45) is 0 Å². The van der Waals surface area contributed by atoms with E-state index < -0.39 is 0 Å². The Morgan fingerprint density at radius 2 is 1.89 bits per heavy atom. The minimum absolute atomic E-state index is 0.0917. The Kier molecular flexibility index (Phi) is 3.92. The van der Waals surface area contributed by atoms with Gasteiger partial charge in [0.2, 0.25) is 0 Å². The molecule has 0 fully saturated rings. The van der Waals surface area contributed by atoms with Crippen molar-refractivity contribution in [2.75, 3.05) is 0 Å². The highest BCUT2D eigenvalue weighted by Crippen LogP contribution is 2.19. The summed E-state index contributed by atoms with van der Waals surface area (Å²) in [5.74, 6) is -0.458. The average molecular weight is 307 g/mol. The fraction of sp³-hybridized carbons (Fsp3) is 0.133. The van der Waals surface area contributed by atoms with Crippen LogP contribution < -0.4 is 0 Å². The third kappa shape index (κ3) is 2.67. The third-order valence-corrected chi connectivity index (χ3v) is 3.39. The lowest BCUT2D eigenvalue weighted by atomic mass is 10.0. The summed E-state index contributed by atoms with van der Waals surface area (Å²) in [5.41, 5.74) is 2.23. The van der Waals surface area contributed by atoms with E-state index >= 15 is 0 Å². The van der Waals surface area contributed by atoms with Crippen LogP contribution in [0.5, 0.6) is 0 Å². The van der Waals surface area contributed by atoms with Crippen LogP contribution in [0.3, 0.4) is 0 Å². The molecule has 0 aliphatic carbocycles. The summed E-state index contributed by atoms with van der Waals surface area (Å²) in [7, 11) is 0. The van der Waals surface area contributed by atoms with Gasteiger partial charge in [-0.2, -0.15) is 0 Å². The summed E-state index contributed by atoms with van der Waals surface area (Å²) in [6.07, 6.45) is 0.883. The minimum Gasteiger partial charge on any atom is -0.289 e. The maximum atomic E-state index is 13.1. The van der Waals surface area contributed by atoms with Crippen molar-refractivity contribution < 1.29 is 9.18 Å². The quantitative estimate of drug-likeness (QED) is 0.769. The van der Waals surface area contributed by atoms with Crippen molar-refractivity contribution in [3.8, 4) is 0 Å². The van der Waals surface area contributed by atoms with Crippen molar-refractivity contribution in [3.05, 3.63) is 69.4 Å². The molecule has 0 radical (unpaired) electrons. The van der Waals surface area contributed by atoms with Crippen LogP contribution in [0.1, 0.15) is 28.4 Å². The molecular formula is C15H12BrFO. The molecule has 92 valence electrons. The first-order valence-corrected chi connectivity index (χ1v) is 6.50. The first-order chi connectivity index (χ1) is 8.61. The van der Waals surface area contributed by atoms with E-state index in [9.17, 15) is 9.18 Å². The minimum atomic E-state index is -0.367. The summed E-state index contributed by atoms with van der Waals surface area (Å²) in [5, 5.41) is 0. The second-order valence-corrected chi connectivity index (χ2v) is 4.87. The van der Waals surface area contributed by atoms with Gasteiger partial charge in [0.25, 0.3) is 0 Å². The molecule has 3 heteroatoms. The maximum absolute atomic E-state index is 13.1. The highest BCUT2D eigenvalue weighted by molar-refractivity contribution is 9.10. The number of carbonyl (C=O) groups excluding carboxylic acids is 1. The van der Waals surface area contributed by atoms with Crippen molar-refractivity contribution in [2.45, 2.75) is 13.3 Å². The molecule has 0 spiro atoms. The molecule has 2 rings (SSSR count). The topological polar surface area (TPSA) is 17.1 Å².